The molecule has 0 bridgehead atoms. The maximum absolute atomic E-state index is 13.2. The van der Waals surface area contributed by atoms with Crippen molar-refractivity contribution >= 4 is 52.1 Å². The molecule has 4 aromatic rings. The summed E-state index contributed by atoms with van der Waals surface area (Å²) in [5.74, 6) is -1.57. The number of likely N-dealkylation sites (N-methyl/N-ethyl adjacent to an activating group) is 2. The number of carboxylic acid groups (broad SMARTS) is 1. The van der Waals surface area contributed by atoms with Crippen molar-refractivity contribution in [1.82, 2.24) is 9.80 Å². The van der Waals surface area contributed by atoms with Crippen molar-refractivity contribution in [2.45, 2.75) is 0 Å². The zero-order chi connectivity index (χ0) is 34.9. The largest absolute Gasteiger partial charge is 0.478 e. The predicted molar refractivity (Wildman–Crippen MR) is 190 cm³/mol. The van der Waals surface area contributed by atoms with Gasteiger partial charge < -0.3 is 30.3 Å². The summed E-state index contributed by atoms with van der Waals surface area (Å²) in [4.78, 5) is 54.5. The second-order valence-electron chi connectivity index (χ2n) is 11.7. The summed E-state index contributed by atoms with van der Waals surface area (Å²) < 4.78 is 4.82. The van der Waals surface area contributed by atoms with Gasteiger partial charge in [0, 0.05) is 50.2 Å². The number of hydrogen-bond acceptors (Lipinski definition) is 8. The Kier molecular flexibility index (Phi) is 11.2. The first-order valence-corrected chi connectivity index (χ1v) is 15.8. The van der Waals surface area contributed by atoms with E-state index in [1.54, 1.807) is 60.5 Å². The summed E-state index contributed by atoms with van der Waals surface area (Å²) in [6.07, 6.45) is 0. The molecule has 2 aliphatic rings. The second-order valence-corrected chi connectivity index (χ2v) is 11.7. The Hall–Kier alpha value is -5.78. The van der Waals surface area contributed by atoms with E-state index in [0.29, 0.717) is 40.2 Å². The fraction of sp³-hybridized carbons (Fsp3) is 0.211. The minimum atomic E-state index is -0.879. The number of aromatic carboxylic acids is 1. The number of piperazine rings is 1. The van der Waals surface area contributed by atoms with Crippen molar-refractivity contribution in [2.75, 3.05) is 69.5 Å². The molecule has 2 amide bonds. The molecule has 2 heterocycles. The number of hydrogen-bond donors (Lipinski definition) is 3. The van der Waals surface area contributed by atoms with Crippen molar-refractivity contribution in [2.24, 2.45) is 0 Å². The molecule has 3 N–H and O–H groups in total. The molecular weight excluding hydrogens is 622 g/mol. The second kappa shape index (κ2) is 15.9. The van der Waals surface area contributed by atoms with Crippen LogP contribution in [0.25, 0.3) is 11.3 Å². The summed E-state index contributed by atoms with van der Waals surface area (Å²) in [5.41, 5.74) is 5.43. The molecule has 0 aliphatic carbocycles. The summed E-state index contributed by atoms with van der Waals surface area (Å²) in [6.45, 7) is 4.09. The van der Waals surface area contributed by atoms with Crippen molar-refractivity contribution in [3.63, 3.8) is 0 Å². The summed E-state index contributed by atoms with van der Waals surface area (Å²) in [5, 5.41) is 14.7. The van der Waals surface area contributed by atoms with E-state index in [4.69, 9.17) is 9.84 Å². The van der Waals surface area contributed by atoms with Gasteiger partial charge in [0.2, 0.25) is 5.91 Å². The first-order valence-electron chi connectivity index (χ1n) is 15.8. The fourth-order valence-corrected chi connectivity index (χ4v) is 5.49. The van der Waals surface area contributed by atoms with Crippen LogP contribution < -0.4 is 15.5 Å². The monoisotopic (exact) mass is 661 g/mol. The minimum Gasteiger partial charge on any atom is -0.478 e. The van der Waals surface area contributed by atoms with E-state index in [1.807, 2.05) is 54.6 Å². The highest BCUT2D eigenvalue weighted by molar-refractivity contribution is 6.37. The summed E-state index contributed by atoms with van der Waals surface area (Å²) in [7, 11) is 5.21. The molecule has 0 saturated carbocycles. The van der Waals surface area contributed by atoms with E-state index in [-0.39, 0.29) is 11.8 Å². The molecule has 0 aromatic heterocycles. The average molecular weight is 662 g/mol. The molecule has 0 radical (unpaired) electrons. The fourth-order valence-electron chi connectivity index (χ4n) is 5.49. The van der Waals surface area contributed by atoms with Gasteiger partial charge in [-0.1, -0.05) is 54.6 Å². The lowest BCUT2D eigenvalue weighted by Gasteiger charge is -2.32. The number of methoxy groups -OCH3 is 1. The number of esters is 1. The molecule has 6 rings (SSSR count). The lowest BCUT2D eigenvalue weighted by atomic mass is 9.99. The highest BCUT2D eigenvalue weighted by Gasteiger charge is 2.29. The molecule has 1 fully saturated rings. The van der Waals surface area contributed by atoms with Crippen LogP contribution in [0.5, 0.6) is 0 Å². The van der Waals surface area contributed by atoms with Gasteiger partial charge in [-0.3, -0.25) is 14.5 Å². The Morgan fingerprint density at radius 1 is 0.837 bits per heavy atom. The van der Waals surface area contributed by atoms with Gasteiger partial charge >= 0.3 is 11.9 Å². The number of benzene rings is 4. The molecule has 4 aromatic carbocycles. The Morgan fingerprint density at radius 2 is 1.45 bits per heavy atom. The number of carbonyl (C=O) groups is 4. The Morgan fingerprint density at radius 3 is 2.02 bits per heavy atom. The smallest absolute Gasteiger partial charge is 0.337 e. The number of anilines is 3. The van der Waals surface area contributed by atoms with E-state index in [0.717, 1.165) is 43.1 Å². The van der Waals surface area contributed by atoms with Gasteiger partial charge in [0.15, 0.2) is 0 Å². The van der Waals surface area contributed by atoms with Crippen LogP contribution in [-0.2, 0) is 14.3 Å². The number of amides is 2. The Bertz CT molecular complexity index is 1840. The van der Waals surface area contributed by atoms with Gasteiger partial charge in [0.1, 0.15) is 0 Å². The first-order chi connectivity index (χ1) is 23.6. The van der Waals surface area contributed by atoms with Crippen molar-refractivity contribution in [3.8, 4) is 0 Å². The van der Waals surface area contributed by atoms with Gasteiger partial charge in [-0.2, -0.15) is 0 Å². The van der Waals surface area contributed by atoms with E-state index in [2.05, 4.69) is 27.5 Å². The van der Waals surface area contributed by atoms with Crippen LogP contribution in [-0.4, -0.2) is 92.6 Å². The first kappa shape index (κ1) is 34.6. The number of nitrogens with one attached hydrogen (secondary N) is 2. The normalized spacial score (nSPS) is 15.2. The Balaban J connectivity index is 0.000000452. The lowest BCUT2D eigenvalue weighted by molar-refractivity contribution is -0.119. The SMILES string of the molecule is COC(=O)c1ccc2c(c1)NC(=O)/C2=C(\Nc1ccc(N(C)C(=O)CN2CCN(C)CC2)cc1)c1ccccc1.O=C(O)c1ccccc1. The van der Waals surface area contributed by atoms with E-state index >= 15 is 0 Å². The highest BCUT2D eigenvalue weighted by atomic mass is 16.5. The van der Waals surface area contributed by atoms with Crippen LogP contribution in [0.2, 0.25) is 0 Å². The third-order valence-electron chi connectivity index (χ3n) is 8.37. The molecule has 1 saturated heterocycles. The van der Waals surface area contributed by atoms with Crippen LogP contribution in [0.4, 0.5) is 17.1 Å². The number of carboxylic acids is 1. The molecule has 2 aliphatic heterocycles. The number of carbonyl (C=O) groups excluding carboxylic acids is 3. The van der Waals surface area contributed by atoms with Gasteiger partial charge in [-0.05, 0) is 61.1 Å². The number of nitrogens with zero attached hydrogens (tertiary/aromatic N) is 3. The summed E-state index contributed by atoms with van der Waals surface area (Å²) >= 11 is 0. The topological polar surface area (TPSA) is 132 Å². The number of ether oxygens (including phenoxy) is 1. The molecule has 0 unspecified atom stereocenters. The summed E-state index contributed by atoms with van der Waals surface area (Å²) in [6, 6.07) is 30.5. The quantitative estimate of drug-likeness (QED) is 0.176. The number of fused-ring (bicyclic) bond motifs is 1. The standard InChI is InChI=1S/C31H33N5O4.C7H6O2/c1-34-15-17-36(18-16-34)20-27(37)35(2)24-12-10-23(11-13-24)32-29(21-7-5-4-6-8-21)28-25-14-9-22(31(39)40-3)19-26(25)33-30(28)38;8-7(9)6-4-2-1-3-5-6/h4-14,19,32H,15-18,20H2,1-3H3,(H,33,38);1-5H,(H,8,9)/b29-28-;. The predicted octanol–water partition coefficient (Wildman–Crippen LogP) is 5.00. The van der Waals surface area contributed by atoms with Crippen molar-refractivity contribution < 1.29 is 29.0 Å². The third-order valence-corrected chi connectivity index (χ3v) is 8.37. The van der Waals surface area contributed by atoms with Crippen molar-refractivity contribution in [3.05, 3.63) is 125 Å². The van der Waals surface area contributed by atoms with Gasteiger partial charge in [-0.15, -0.1) is 0 Å². The van der Waals surface area contributed by atoms with Crippen LogP contribution >= 0.6 is 0 Å². The van der Waals surface area contributed by atoms with Gasteiger partial charge in [-0.25, -0.2) is 9.59 Å². The minimum absolute atomic E-state index is 0.0444. The van der Waals surface area contributed by atoms with E-state index in [9.17, 15) is 19.2 Å². The molecule has 11 nitrogen and oxygen atoms in total. The number of rotatable bonds is 8. The van der Waals surface area contributed by atoms with Crippen LogP contribution in [0.15, 0.2) is 103 Å². The van der Waals surface area contributed by atoms with Gasteiger partial charge in [0.05, 0.1) is 41.7 Å². The molecule has 11 heteroatoms. The van der Waals surface area contributed by atoms with Crippen LogP contribution in [0.3, 0.4) is 0 Å². The van der Waals surface area contributed by atoms with Crippen molar-refractivity contribution in [1.29, 1.82) is 0 Å². The van der Waals surface area contributed by atoms with Gasteiger partial charge in [0.25, 0.3) is 5.91 Å². The molecule has 0 atom stereocenters. The van der Waals surface area contributed by atoms with Crippen LogP contribution in [0, 0.1) is 0 Å². The maximum atomic E-state index is 13.2. The molecule has 0 spiro atoms. The Labute approximate surface area is 285 Å². The van der Waals surface area contributed by atoms with E-state index in [1.165, 1.54) is 7.11 Å². The zero-order valence-corrected chi connectivity index (χ0v) is 27.7. The van der Waals surface area contributed by atoms with Crippen LogP contribution in [0.1, 0.15) is 31.8 Å². The highest BCUT2D eigenvalue weighted by Crippen LogP contribution is 2.38. The zero-order valence-electron chi connectivity index (χ0n) is 27.7. The molecule has 49 heavy (non-hydrogen) atoms. The third kappa shape index (κ3) is 8.58. The average Bonchev–Trinajstić information content (AvgIpc) is 3.46. The molecular formula is C38H39N5O6. The molecule has 252 valence electrons. The lowest BCUT2D eigenvalue weighted by Crippen LogP contribution is -2.48. The maximum Gasteiger partial charge on any atom is 0.337 e. The van der Waals surface area contributed by atoms with E-state index < -0.39 is 11.9 Å².